The fourth-order valence-electron chi connectivity index (χ4n) is 4.17. The number of aryl methyl sites for hydroxylation is 1. The fraction of sp³-hybridized carbons (Fsp3) is 0.160. The standard InChI is InChI=1S/C25H22IN3/c1-15-7-9-17(10-8-15)23-24(18-11-13-19(26)14-12-18)29-25(28-23)22-16(2)27-21-6-4-3-5-20(21)22/h3-14,16,22,27H,1-2H3,(H,28,29). The number of imidazole rings is 1. The number of nitrogens with zero attached hydrogens (tertiary/aromatic N) is 1. The number of hydrogen-bond donors (Lipinski definition) is 2. The van der Waals surface area contributed by atoms with Crippen molar-refractivity contribution in [3.8, 4) is 22.5 Å². The van der Waals surface area contributed by atoms with E-state index in [9.17, 15) is 0 Å². The van der Waals surface area contributed by atoms with Gasteiger partial charge < -0.3 is 10.3 Å². The van der Waals surface area contributed by atoms with Crippen molar-refractivity contribution in [2.24, 2.45) is 0 Å². The lowest BCUT2D eigenvalue weighted by Crippen LogP contribution is -2.18. The highest BCUT2D eigenvalue weighted by atomic mass is 127. The molecule has 0 saturated carbocycles. The van der Waals surface area contributed by atoms with Crippen LogP contribution in [0.15, 0.2) is 72.8 Å². The van der Waals surface area contributed by atoms with Crippen LogP contribution in [0, 0.1) is 10.5 Å². The number of aromatic amines is 1. The molecule has 2 heterocycles. The maximum absolute atomic E-state index is 5.14. The Morgan fingerprint density at radius 3 is 2.31 bits per heavy atom. The first-order chi connectivity index (χ1) is 14.1. The van der Waals surface area contributed by atoms with Crippen molar-refractivity contribution in [1.82, 2.24) is 9.97 Å². The summed E-state index contributed by atoms with van der Waals surface area (Å²) in [6, 6.07) is 26.1. The van der Waals surface area contributed by atoms with Gasteiger partial charge in [0.15, 0.2) is 0 Å². The monoisotopic (exact) mass is 491 g/mol. The first-order valence-corrected chi connectivity index (χ1v) is 11.0. The molecule has 2 unspecified atom stereocenters. The molecule has 2 atom stereocenters. The molecule has 3 nitrogen and oxygen atoms in total. The van der Waals surface area contributed by atoms with E-state index in [1.165, 1.54) is 20.4 Å². The van der Waals surface area contributed by atoms with Crippen LogP contribution in [-0.2, 0) is 0 Å². The summed E-state index contributed by atoms with van der Waals surface area (Å²) in [5.74, 6) is 1.21. The zero-order valence-corrected chi connectivity index (χ0v) is 18.6. The highest BCUT2D eigenvalue weighted by molar-refractivity contribution is 14.1. The Labute approximate surface area is 184 Å². The molecular weight excluding hydrogens is 469 g/mol. The quantitative estimate of drug-likeness (QED) is 0.317. The zero-order valence-electron chi connectivity index (χ0n) is 16.4. The minimum absolute atomic E-state index is 0.202. The number of benzene rings is 3. The van der Waals surface area contributed by atoms with Crippen molar-refractivity contribution >= 4 is 28.3 Å². The van der Waals surface area contributed by atoms with Crippen molar-refractivity contribution in [3.63, 3.8) is 0 Å². The number of fused-ring (bicyclic) bond motifs is 1. The van der Waals surface area contributed by atoms with Crippen LogP contribution in [0.4, 0.5) is 5.69 Å². The van der Waals surface area contributed by atoms with Gasteiger partial charge >= 0.3 is 0 Å². The van der Waals surface area contributed by atoms with Gasteiger partial charge in [0, 0.05) is 26.4 Å². The fourth-order valence-corrected chi connectivity index (χ4v) is 4.53. The molecule has 5 rings (SSSR count). The Morgan fingerprint density at radius 2 is 1.55 bits per heavy atom. The Kier molecular flexibility index (Phi) is 4.66. The minimum Gasteiger partial charge on any atom is -0.381 e. The topological polar surface area (TPSA) is 40.7 Å². The lowest BCUT2D eigenvalue weighted by atomic mass is 9.95. The largest absolute Gasteiger partial charge is 0.381 e. The third kappa shape index (κ3) is 3.35. The molecular formula is C25H22IN3. The molecule has 2 N–H and O–H groups in total. The lowest BCUT2D eigenvalue weighted by molar-refractivity contribution is 0.691. The van der Waals surface area contributed by atoms with E-state index in [-0.39, 0.29) is 12.0 Å². The first kappa shape index (κ1) is 18.4. The molecule has 29 heavy (non-hydrogen) atoms. The average Bonchev–Trinajstić information content (AvgIpc) is 3.29. The van der Waals surface area contributed by atoms with Crippen LogP contribution >= 0.6 is 22.6 Å². The predicted octanol–water partition coefficient (Wildman–Crippen LogP) is 6.60. The molecule has 4 heteroatoms. The lowest BCUT2D eigenvalue weighted by Gasteiger charge is -2.13. The molecule has 1 aromatic heterocycles. The van der Waals surface area contributed by atoms with E-state index in [4.69, 9.17) is 4.98 Å². The molecule has 0 saturated heterocycles. The number of nitrogens with one attached hydrogen (secondary N) is 2. The van der Waals surface area contributed by atoms with Gasteiger partial charge in [0.1, 0.15) is 5.82 Å². The van der Waals surface area contributed by atoms with Crippen LogP contribution in [0.2, 0.25) is 0 Å². The van der Waals surface area contributed by atoms with E-state index in [2.05, 4.69) is 120 Å². The summed E-state index contributed by atoms with van der Waals surface area (Å²) in [4.78, 5) is 8.83. The second-order valence-electron chi connectivity index (χ2n) is 7.72. The van der Waals surface area contributed by atoms with Crippen LogP contribution in [-0.4, -0.2) is 16.0 Å². The normalized spacial score (nSPS) is 17.8. The molecule has 0 amide bonds. The van der Waals surface area contributed by atoms with Crippen LogP contribution in [0.1, 0.15) is 29.8 Å². The van der Waals surface area contributed by atoms with Gasteiger partial charge in [-0.25, -0.2) is 4.98 Å². The summed E-state index contributed by atoms with van der Waals surface area (Å²) in [5.41, 5.74) is 8.15. The number of para-hydroxylation sites is 1. The smallest absolute Gasteiger partial charge is 0.117 e. The summed E-state index contributed by atoms with van der Waals surface area (Å²) < 4.78 is 1.23. The van der Waals surface area contributed by atoms with Crippen molar-refractivity contribution in [1.29, 1.82) is 0 Å². The summed E-state index contributed by atoms with van der Waals surface area (Å²) in [6.45, 7) is 4.34. The Morgan fingerprint density at radius 1 is 0.862 bits per heavy atom. The third-order valence-electron chi connectivity index (χ3n) is 5.65. The summed E-state index contributed by atoms with van der Waals surface area (Å²) in [6.07, 6.45) is 0. The second-order valence-corrected chi connectivity index (χ2v) is 8.96. The SMILES string of the molecule is Cc1ccc(-c2nc(C3c4ccccc4NC3C)[nH]c2-c2ccc(I)cc2)cc1. The highest BCUT2D eigenvalue weighted by Gasteiger charge is 2.33. The van der Waals surface area contributed by atoms with Gasteiger partial charge in [-0.1, -0.05) is 60.2 Å². The van der Waals surface area contributed by atoms with Gasteiger partial charge in [0.2, 0.25) is 0 Å². The van der Waals surface area contributed by atoms with Crippen molar-refractivity contribution < 1.29 is 0 Å². The van der Waals surface area contributed by atoms with Gasteiger partial charge in [-0.2, -0.15) is 0 Å². The van der Waals surface area contributed by atoms with Gasteiger partial charge in [-0.05, 0) is 60.2 Å². The van der Waals surface area contributed by atoms with Crippen LogP contribution in [0.5, 0.6) is 0 Å². The number of halogens is 1. The number of anilines is 1. The highest BCUT2D eigenvalue weighted by Crippen LogP contribution is 2.41. The molecule has 0 spiro atoms. The Hall–Kier alpha value is -2.60. The number of H-pyrrole nitrogens is 1. The van der Waals surface area contributed by atoms with Crippen molar-refractivity contribution in [3.05, 3.63) is 93.3 Å². The van der Waals surface area contributed by atoms with E-state index < -0.39 is 0 Å². The predicted molar refractivity (Wildman–Crippen MR) is 128 cm³/mol. The van der Waals surface area contributed by atoms with Gasteiger partial charge in [-0.15, -0.1) is 0 Å². The van der Waals surface area contributed by atoms with E-state index >= 15 is 0 Å². The van der Waals surface area contributed by atoms with E-state index in [0.29, 0.717) is 0 Å². The van der Waals surface area contributed by atoms with E-state index in [0.717, 1.165) is 28.3 Å². The number of hydrogen-bond acceptors (Lipinski definition) is 2. The van der Waals surface area contributed by atoms with E-state index in [1.807, 2.05) is 0 Å². The van der Waals surface area contributed by atoms with Gasteiger partial charge in [0.25, 0.3) is 0 Å². The van der Waals surface area contributed by atoms with Gasteiger partial charge in [-0.3, -0.25) is 0 Å². The summed E-state index contributed by atoms with van der Waals surface area (Å²) in [5, 5.41) is 3.61. The third-order valence-corrected chi connectivity index (χ3v) is 6.37. The first-order valence-electron chi connectivity index (χ1n) is 9.88. The van der Waals surface area contributed by atoms with Crippen molar-refractivity contribution in [2.75, 3.05) is 5.32 Å². The maximum atomic E-state index is 5.14. The average molecular weight is 491 g/mol. The molecule has 0 aliphatic carbocycles. The summed E-state index contributed by atoms with van der Waals surface area (Å²) >= 11 is 2.34. The molecule has 1 aliphatic rings. The molecule has 4 aromatic rings. The van der Waals surface area contributed by atoms with E-state index in [1.54, 1.807) is 0 Å². The molecule has 144 valence electrons. The molecule has 1 aliphatic heterocycles. The molecule has 0 radical (unpaired) electrons. The number of rotatable bonds is 3. The molecule has 0 fully saturated rings. The van der Waals surface area contributed by atoms with Gasteiger partial charge in [0.05, 0.1) is 17.3 Å². The van der Waals surface area contributed by atoms with Crippen molar-refractivity contribution in [2.45, 2.75) is 25.8 Å². The Bertz CT molecular complexity index is 1100. The summed E-state index contributed by atoms with van der Waals surface area (Å²) in [7, 11) is 0. The van der Waals surface area contributed by atoms with Crippen LogP contribution < -0.4 is 5.32 Å². The molecule has 0 bridgehead atoms. The number of aromatic nitrogens is 2. The second kappa shape index (κ2) is 7.34. The zero-order chi connectivity index (χ0) is 20.0. The molecule has 3 aromatic carbocycles. The maximum Gasteiger partial charge on any atom is 0.117 e. The Balaban J connectivity index is 1.67. The minimum atomic E-state index is 0.202. The van der Waals surface area contributed by atoms with Crippen LogP contribution in [0.3, 0.4) is 0 Å². The van der Waals surface area contributed by atoms with Crippen LogP contribution in [0.25, 0.3) is 22.5 Å².